The Morgan fingerprint density at radius 3 is 2.74 bits per heavy atom. The lowest BCUT2D eigenvalue weighted by atomic mass is 9.86. The maximum Gasteiger partial charge on any atom is 0.0558 e. The second kappa shape index (κ2) is 7.58. The van der Waals surface area contributed by atoms with Gasteiger partial charge in [-0.15, -0.1) is 0 Å². The normalized spacial score (nSPS) is 28.6. The zero-order chi connectivity index (χ0) is 13.6. The molecule has 2 N–H and O–H groups in total. The van der Waals surface area contributed by atoms with Crippen molar-refractivity contribution in [3.8, 4) is 0 Å². The van der Waals surface area contributed by atoms with Gasteiger partial charge in [0.15, 0.2) is 0 Å². The van der Waals surface area contributed by atoms with Crippen molar-refractivity contribution < 1.29 is 9.84 Å². The van der Waals surface area contributed by atoms with E-state index in [1.807, 2.05) is 0 Å². The number of aliphatic hydroxyl groups is 1. The van der Waals surface area contributed by atoms with Crippen LogP contribution in [-0.2, 0) is 4.74 Å². The van der Waals surface area contributed by atoms with Gasteiger partial charge in [-0.2, -0.15) is 0 Å². The molecule has 1 saturated carbocycles. The number of ether oxygens (including phenoxy) is 1. The molecule has 2 rings (SSSR count). The summed E-state index contributed by atoms with van der Waals surface area (Å²) in [5.74, 6) is 0. The fourth-order valence-corrected chi connectivity index (χ4v) is 3.58. The van der Waals surface area contributed by atoms with Crippen molar-refractivity contribution in [2.24, 2.45) is 5.41 Å². The number of rotatable bonds is 8. The van der Waals surface area contributed by atoms with Gasteiger partial charge in [-0.05, 0) is 25.8 Å². The lowest BCUT2D eigenvalue weighted by Crippen LogP contribution is -2.48. The van der Waals surface area contributed by atoms with Crippen LogP contribution >= 0.6 is 0 Å². The van der Waals surface area contributed by atoms with Gasteiger partial charge in [-0.1, -0.05) is 19.8 Å². The van der Waals surface area contributed by atoms with Gasteiger partial charge < -0.3 is 15.2 Å². The van der Waals surface area contributed by atoms with E-state index in [-0.39, 0.29) is 12.0 Å². The van der Waals surface area contributed by atoms with Crippen molar-refractivity contribution in [3.63, 3.8) is 0 Å². The zero-order valence-corrected chi connectivity index (χ0v) is 12.4. The molecule has 1 aliphatic heterocycles. The Hall–Kier alpha value is -0.160. The summed E-state index contributed by atoms with van der Waals surface area (Å²) in [6, 6.07) is 0.686. The lowest BCUT2D eigenvalue weighted by Gasteiger charge is -2.37. The van der Waals surface area contributed by atoms with Crippen LogP contribution in [0.15, 0.2) is 0 Å². The van der Waals surface area contributed by atoms with Gasteiger partial charge in [0.25, 0.3) is 0 Å². The molecular formula is C15H30N2O2. The van der Waals surface area contributed by atoms with E-state index in [0.29, 0.717) is 6.04 Å². The van der Waals surface area contributed by atoms with Gasteiger partial charge in [-0.25, -0.2) is 0 Å². The Balaban J connectivity index is 1.95. The predicted molar refractivity (Wildman–Crippen MR) is 77.3 cm³/mol. The topological polar surface area (TPSA) is 44.7 Å². The summed E-state index contributed by atoms with van der Waals surface area (Å²) < 4.78 is 5.67. The maximum atomic E-state index is 9.34. The standard InChI is InChI=1S/C15H30N2O2/c1-2-16-11-15(7-10-19-13-15)12-17(8-9-18)14-5-3-4-6-14/h14,16,18H,2-13H2,1H3. The average molecular weight is 270 g/mol. The maximum absolute atomic E-state index is 9.34. The number of hydrogen-bond acceptors (Lipinski definition) is 4. The summed E-state index contributed by atoms with van der Waals surface area (Å²) in [5.41, 5.74) is 0.258. The van der Waals surface area contributed by atoms with E-state index in [2.05, 4.69) is 17.1 Å². The summed E-state index contributed by atoms with van der Waals surface area (Å²) in [6.07, 6.45) is 6.46. The largest absolute Gasteiger partial charge is 0.395 e. The summed E-state index contributed by atoms with van der Waals surface area (Å²) in [5, 5.41) is 12.8. The van der Waals surface area contributed by atoms with Gasteiger partial charge in [-0.3, -0.25) is 4.90 Å². The molecule has 1 unspecified atom stereocenters. The zero-order valence-electron chi connectivity index (χ0n) is 12.4. The summed E-state index contributed by atoms with van der Waals surface area (Å²) in [6.45, 7) is 8.14. The highest BCUT2D eigenvalue weighted by Crippen LogP contribution is 2.32. The highest BCUT2D eigenvalue weighted by molar-refractivity contribution is 4.91. The molecule has 1 atom stereocenters. The minimum absolute atomic E-state index is 0.258. The average Bonchev–Trinajstić information content (AvgIpc) is 3.08. The molecule has 0 aromatic rings. The Kier molecular flexibility index (Phi) is 6.07. The Morgan fingerprint density at radius 1 is 1.37 bits per heavy atom. The van der Waals surface area contributed by atoms with Crippen LogP contribution in [-0.4, -0.2) is 62.0 Å². The fraction of sp³-hybridized carbons (Fsp3) is 1.00. The predicted octanol–water partition coefficient (Wildman–Crippen LogP) is 1.24. The first-order valence-electron chi connectivity index (χ1n) is 7.93. The van der Waals surface area contributed by atoms with E-state index < -0.39 is 0 Å². The first-order chi connectivity index (χ1) is 9.29. The highest BCUT2D eigenvalue weighted by atomic mass is 16.5. The second-order valence-corrected chi connectivity index (χ2v) is 6.22. The molecule has 2 fully saturated rings. The van der Waals surface area contributed by atoms with E-state index in [4.69, 9.17) is 4.74 Å². The molecule has 0 spiro atoms. The van der Waals surface area contributed by atoms with Crippen LogP contribution in [0.5, 0.6) is 0 Å². The Morgan fingerprint density at radius 2 is 2.16 bits per heavy atom. The summed E-state index contributed by atoms with van der Waals surface area (Å²) >= 11 is 0. The number of aliphatic hydroxyl groups excluding tert-OH is 1. The molecule has 4 heteroatoms. The summed E-state index contributed by atoms with van der Waals surface area (Å²) in [4.78, 5) is 2.53. The molecule has 2 aliphatic rings. The van der Waals surface area contributed by atoms with E-state index in [0.717, 1.165) is 45.8 Å². The van der Waals surface area contributed by atoms with Gasteiger partial charge in [0.2, 0.25) is 0 Å². The molecular weight excluding hydrogens is 240 g/mol. The first kappa shape index (κ1) is 15.2. The molecule has 19 heavy (non-hydrogen) atoms. The van der Waals surface area contributed by atoms with Gasteiger partial charge >= 0.3 is 0 Å². The van der Waals surface area contributed by atoms with Crippen LogP contribution in [0, 0.1) is 5.41 Å². The molecule has 0 radical (unpaired) electrons. The minimum Gasteiger partial charge on any atom is -0.395 e. The van der Waals surface area contributed by atoms with E-state index in [1.54, 1.807) is 0 Å². The minimum atomic E-state index is 0.258. The molecule has 1 aliphatic carbocycles. The molecule has 0 aromatic carbocycles. The quantitative estimate of drug-likeness (QED) is 0.696. The molecule has 1 saturated heterocycles. The van der Waals surface area contributed by atoms with Gasteiger partial charge in [0, 0.05) is 37.7 Å². The first-order valence-corrected chi connectivity index (χ1v) is 7.93. The van der Waals surface area contributed by atoms with Crippen molar-refractivity contribution in [1.29, 1.82) is 0 Å². The third-order valence-electron chi connectivity index (χ3n) is 4.70. The molecule has 0 aromatic heterocycles. The van der Waals surface area contributed by atoms with E-state index in [9.17, 15) is 5.11 Å². The smallest absolute Gasteiger partial charge is 0.0558 e. The Bertz CT molecular complexity index is 249. The van der Waals surface area contributed by atoms with Crippen LogP contribution in [0.1, 0.15) is 39.0 Å². The van der Waals surface area contributed by atoms with Crippen molar-refractivity contribution in [2.45, 2.75) is 45.1 Å². The molecule has 1 heterocycles. The summed E-state index contributed by atoms with van der Waals surface area (Å²) in [7, 11) is 0. The van der Waals surface area contributed by atoms with Crippen molar-refractivity contribution in [2.75, 3.05) is 46.0 Å². The van der Waals surface area contributed by atoms with E-state index >= 15 is 0 Å². The molecule has 112 valence electrons. The number of nitrogens with one attached hydrogen (secondary N) is 1. The van der Waals surface area contributed by atoms with Crippen LogP contribution in [0.4, 0.5) is 0 Å². The van der Waals surface area contributed by atoms with Crippen LogP contribution in [0.25, 0.3) is 0 Å². The van der Waals surface area contributed by atoms with E-state index in [1.165, 1.54) is 25.7 Å². The Labute approximate surface area is 117 Å². The second-order valence-electron chi connectivity index (χ2n) is 6.22. The number of hydrogen-bond donors (Lipinski definition) is 2. The fourth-order valence-electron chi connectivity index (χ4n) is 3.58. The lowest BCUT2D eigenvalue weighted by molar-refractivity contribution is 0.0728. The van der Waals surface area contributed by atoms with Gasteiger partial charge in [0.1, 0.15) is 0 Å². The SMILES string of the molecule is CCNCC1(CN(CCO)C2CCCC2)CCOC1. The number of nitrogens with zero attached hydrogens (tertiary/aromatic N) is 1. The third-order valence-corrected chi connectivity index (χ3v) is 4.70. The third kappa shape index (κ3) is 4.15. The van der Waals surface area contributed by atoms with Crippen molar-refractivity contribution >= 4 is 0 Å². The highest BCUT2D eigenvalue weighted by Gasteiger charge is 2.38. The van der Waals surface area contributed by atoms with Crippen LogP contribution in [0.3, 0.4) is 0 Å². The molecule has 0 amide bonds. The van der Waals surface area contributed by atoms with Crippen LogP contribution < -0.4 is 5.32 Å². The molecule has 0 bridgehead atoms. The van der Waals surface area contributed by atoms with Crippen molar-refractivity contribution in [3.05, 3.63) is 0 Å². The van der Waals surface area contributed by atoms with Crippen molar-refractivity contribution in [1.82, 2.24) is 10.2 Å². The van der Waals surface area contributed by atoms with Gasteiger partial charge in [0.05, 0.1) is 13.2 Å². The van der Waals surface area contributed by atoms with Crippen LogP contribution in [0.2, 0.25) is 0 Å². The molecule has 4 nitrogen and oxygen atoms in total. The monoisotopic (exact) mass is 270 g/mol.